The van der Waals surface area contributed by atoms with Crippen molar-refractivity contribution in [3.05, 3.63) is 36.4 Å². The van der Waals surface area contributed by atoms with Crippen LogP contribution in [0.25, 0.3) is 0 Å². The van der Waals surface area contributed by atoms with Crippen molar-refractivity contribution in [2.45, 2.75) is 78.4 Å². The van der Waals surface area contributed by atoms with Crippen LogP contribution in [0.5, 0.6) is 5.75 Å². The van der Waals surface area contributed by atoms with Gasteiger partial charge in [-0.05, 0) is 72.5 Å². The molecule has 2 N–H and O–H groups in total. The number of ketones is 1. The van der Waals surface area contributed by atoms with E-state index in [1.807, 2.05) is 13.0 Å². The standard InChI is InChI=1S/C30H41BO7/c1-6-28(4)16-24(38-25(33)17-36-21-8-7-20-11-14-37-31(35)22(20)15-21)29(5)18(2)9-12-30(19(3)27(28)34)13-10-23(32)26(29)30/h6-8,15,18-19,24,26-27,34-35H,1,9-14,16-17H2,2-5H3/t18-,19+,24-,26+,27+,28-,29+,30+/m1/s1. The predicted molar refractivity (Wildman–Crippen MR) is 144 cm³/mol. The third-order valence-corrected chi connectivity index (χ3v) is 11.0. The van der Waals surface area contributed by atoms with Gasteiger partial charge in [0.05, 0.1) is 6.10 Å². The van der Waals surface area contributed by atoms with Gasteiger partial charge in [-0.2, -0.15) is 0 Å². The predicted octanol–water partition coefficient (Wildman–Crippen LogP) is 3.23. The first-order valence-electron chi connectivity index (χ1n) is 14.1. The van der Waals surface area contributed by atoms with Crippen LogP contribution in [0.15, 0.2) is 30.9 Å². The molecule has 38 heavy (non-hydrogen) atoms. The molecule has 3 saturated carbocycles. The van der Waals surface area contributed by atoms with Crippen molar-refractivity contribution in [2.24, 2.45) is 34.0 Å². The van der Waals surface area contributed by atoms with Crippen molar-refractivity contribution in [3.8, 4) is 5.75 Å². The Bertz CT molecular complexity index is 1120. The van der Waals surface area contributed by atoms with E-state index >= 15 is 0 Å². The number of hydrogen-bond donors (Lipinski definition) is 2. The first-order chi connectivity index (χ1) is 18.0. The molecule has 0 unspecified atom stereocenters. The zero-order chi connectivity index (χ0) is 27.5. The molecule has 4 aliphatic rings. The summed E-state index contributed by atoms with van der Waals surface area (Å²) in [5.74, 6) is -0.0115. The minimum absolute atomic E-state index is 0.0721. The summed E-state index contributed by atoms with van der Waals surface area (Å²) in [5, 5.41) is 21.8. The molecule has 0 aromatic heterocycles. The van der Waals surface area contributed by atoms with Gasteiger partial charge >= 0.3 is 13.1 Å². The zero-order valence-corrected chi connectivity index (χ0v) is 23.1. The van der Waals surface area contributed by atoms with E-state index in [1.54, 1.807) is 18.2 Å². The topological polar surface area (TPSA) is 102 Å². The van der Waals surface area contributed by atoms with Gasteiger partial charge in [0.15, 0.2) is 6.61 Å². The molecule has 1 aromatic rings. The Morgan fingerprint density at radius 1 is 1.26 bits per heavy atom. The number of ether oxygens (including phenoxy) is 2. The van der Waals surface area contributed by atoms with E-state index < -0.39 is 36.1 Å². The van der Waals surface area contributed by atoms with Crippen molar-refractivity contribution in [2.75, 3.05) is 13.2 Å². The van der Waals surface area contributed by atoms with Crippen LogP contribution in [-0.2, 0) is 25.4 Å². The fraction of sp³-hybridized carbons (Fsp3) is 0.667. The van der Waals surface area contributed by atoms with E-state index in [2.05, 4.69) is 27.4 Å². The van der Waals surface area contributed by atoms with E-state index in [0.717, 1.165) is 24.8 Å². The van der Waals surface area contributed by atoms with Crippen LogP contribution in [0, 0.1) is 34.0 Å². The Kier molecular flexibility index (Phi) is 7.06. The van der Waals surface area contributed by atoms with Crippen LogP contribution in [0.1, 0.15) is 65.4 Å². The average Bonchev–Trinajstić information content (AvgIpc) is 3.26. The third kappa shape index (κ3) is 4.15. The van der Waals surface area contributed by atoms with E-state index in [1.165, 1.54) is 0 Å². The summed E-state index contributed by atoms with van der Waals surface area (Å²) in [5.41, 5.74) is 0.0884. The highest BCUT2D eigenvalue weighted by atomic mass is 16.6. The second-order valence-electron chi connectivity index (χ2n) is 12.7. The lowest BCUT2D eigenvalue weighted by atomic mass is 9.44. The van der Waals surface area contributed by atoms with Gasteiger partial charge in [0.1, 0.15) is 17.6 Å². The van der Waals surface area contributed by atoms with Gasteiger partial charge in [0.2, 0.25) is 0 Å². The molecule has 0 radical (unpaired) electrons. The molecule has 0 spiro atoms. The smallest absolute Gasteiger partial charge is 0.482 e. The number of aliphatic hydroxyl groups excluding tert-OH is 1. The van der Waals surface area contributed by atoms with Crippen LogP contribution in [0.3, 0.4) is 0 Å². The van der Waals surface area contributed by atoms with E-state index in [-0.39, 0.29) is 35.6 Å². The first kappa shape index (κ1) is 27.4. The van der Waals surface area contributed by atoms with Crippen LogP contribution < -0.4 is 10.2 Å². The minimum Gasteiger partial charge on any atom is -0.482 e. The van der Waals surface area contributed by atoms with Crippen molar-refractivity contribution in [1.82, 2.24) is 0 Å². The number of benzene rings is 1. The lowest BCUT2D eigenvalue weighted by Crippen LogP contribution is -2.63. The normalized spacial score (nSPS) is 40.4. The maximum absolute atomic E-state index is 13.5. The molecule has 7 nitrogen and oxygen atoms in total. The number of carbonyl (C=O) groups is 2. The Morgan fingerprint density at radius 3 is 2.76 bits per heavy atom. The lowest BCUT2D eigenvalue weighted by molar-refractivity contribution is -0.207. The largest absolute Gasteiger partial charge is 0.491 e. The summed E-state index contributed by atoms with van der Waals surface area (Å²) in [6.45, 7) is 12.6. The van der Waals surface area contributed by atoms with Gasteiger partial charge in [-0.25, -0.2) is 4.79 Å². The van der Waals surface area contributed by atoms with E-state index in [9.17, 15) is 19.7 Å². The van der Waals surface area contributed by atoms with Crippen molar-refractivity contribution in [1.29, 1.82) is 0 Å². The maximum Gasteiger partial charge on any atom is 0.491 e. The molecule has 8 atom stereocenters. The summed E-state index contributed by atoms with van der Waals surface area (Å²) in [4.78, 5) is 26.8. The highest BCUT2D eigenvalue weighted by Crippen LogP contribution is 2.68. The van der Waals surface area contributed by atoms with Crippen molar-refractivity contribution in [3.63, 3.8) is 0 Å². The summed E-state index contributed by atoms with van der Waals surface area (Å²) in [6.07, 6.45) is 4.70. The Labute approximate surface area is 226 Å². The van der Waals surface area contributed by atoms with Gasteiger partial charge < -0.3 is 24.3 Å². The fourth-order valence-electron chi connectivity index (χ4n) is 8.33. The molecule has 0 amide bonds. The van der Waals surface area contributed by atoms with Crippen LogP contribution >= 0.6 is 0 Å². The SMILES string of the molecule is C=C[C@]1(C)C[C@@H](OC(=O)COc2ccc3c(c2)B(O)OCC3)[C@]2(C)[C@H](C)CC[C@]3(CCC(=O)[C@H]32)[C@@H](C)[C@@H]1O. The summed E-state index contributed by atoms with van der Waals surface area (Å²) in [6, 6.07) is 5.36. The number of carbonyl (C=O) groups excluding carboxylic acids is 2. The van der Waals surface area contributed by atoms with E-state index in [4.69, 9.17) is 14.1 Å². The molecular weight excluding hydrogens is 483 g/mol. The van der Waals surface area contributed by atoms with Gasteiger partial charge in [-0.15, -0.1) is 6.58 Å². The molecule has 3 fully saturated rings. The number of aliphatic hydroxyl groups is 1. The average molecular weight is 524 g/mol. The van der Waals surface area contributed by atoms with Crippen molar-refractivity contribution < 1.29 is 33.8 Å². The number of Topliss-reactive ketones (excluding diaryl/α,β-unsaturated/α-hetero) is 1. The first-order valence-corrected chi connectivity index (χ1v) is 14.1. The monoisotopic (exact) mass is 524 g/mol. The van der Waals surface area contributed by atoms with Crippen molar-refractivity contribution >= 4 is 24.3 Å². The summed E-state index contributed by atoms with van der Waals surface area (Å²) < 4.78 is 17.3. The second-order valence-corrected chi connectivity index (χ2v) is 12.7. The molecule has 5 rings (SSSR count). The number of hydrogen-bond acceptors (Lipinski definition) is 7. The summed E-state index contributed by atoms with van der Waals surface area (Å²) >= 11 is 0. The third-order valence-electron chi connectivity index (χ3n) is 11.0. The highest BCUT2D eigenvalue weighted by Gasteiger charge is 2.68. The molecule has 3 aliphatic carbocycles. The molecule has 1 aliphatic heterocycles. The van der Waals surface area contributed by atoms with Gasteiger partial charge in [-0.3, -0.25) is 4.79 Å². The molecule has 1 heterocycles. The lowest BCUT2D eigenvalue weighted by Gasteiger charge is -2.61. The molecule has 0 saturated heterocycles. The molecule has 2 bridgehead atoms. The maximum atomic E-state index is 13.5. The Morgan fingerprint density at radius 2 is 2.03 bits per heavy atom. The van der Waals surface area contributed by atoms with Crippen LogP contribution in [0.2, 0.25) is 0 Å². The quantitative estimate of drug-likeness (QED) is 0.347. The molecular formula is C30H41BO7. The zero-order valence-electron chi connectivity index (χ0n) is 23.1. The number of fused-ring (bicyclic) bond motifs is 1. The summed E-state index contributed by atoms with van der Waals surface area (Å²) in [7, 11) is -1.01. The van der Waals surface area contributed by atoms with Gasteiger partial charge in [0.25, 0.3) is 0 Å². The van der Waals surface area contributed by atoms with Gasteiger partial charge in [-0.1, -0.05) is 39.8 Å². The minimum atomic E-state index is -1.01. The number of rotatable bonds is 5. The highest BCUT2D eigenvalue weighted by molar-refractivity contribution is 6.60. The fourth-order valence-corrected chi connectivity index (χ4v) is 8.33. The van der Waals surface area contributed by atoms with E-state index in [0.29, 0.717) is 37.1 Å². The molecule has 8 heteroatoms. The van der Waals surface area contributed by atoms with Crippen LogP contribution in [-0.4, -0.2) is 54.4 Å². The number of esters is 1. The van der Waals surface area contributed by atoms with Gasteiger partial charge in [0, 0.05) is 29.8 Å². The Hall–Kier alpha value is -2.16. The van der Waals surface area contributed by atoms with Crippen LogP contribution in [0.4, 0.5) is 0 Å². The molecule has 206 valence electrons. The molecule has 1 aromatic carbocycles. The Balaban J connectivity index is 1.42. The second kappa shape index (κ2) is 9.79.